The number of hydrogen-bond donors (Lipinski definition) is 3. The summed E-state index contributed by atoms with van der Waals surface area (Å²) in [5.41, 5.74) is 4.06. The van der Waals surface area contributed by atoms with Crippen LogP contribution in [0.4, 0.5) is 5.69 Å². The number of nitrogens with zero attached hydrogens (tertiary/aromatic N) is 1. The highest BCUT2D eigenvalue weighted by Gasteiger charge is 2.18. The fourth-order valence-electron chi connectivity index (χ4n) is 3.25. The van der Waals surface area contributed by atoms with Crippen molar-refractivity contribution in [3.05, 3.63) is 59.2 Å². The molecule has 0 aromatic heterocycles. The van der Waals surface area contributed by atoms with Gasteiger partial charge in [0.25, 0.3) is 0 Å². The summed E-state index contributed by atoms with van der Waals surface area (Å²) >= 11 is 0. The Balaban J connectivity index is 1.57. The third kappa shape index (κ3) is 6.49. The molecule has 3 N–H and O–H groups in total. The lowest BCUT2D eigenvalue weighted by Crippen LogP contribution is -2.36. The zero-order valence-electron chi connectivity index (χ0n) is 17.8. The van der Waals surface area contributed by atoms with E-state index >= 15 is 0 Å². The summed E-state index contributed by atoms with van der Waals surface area (Å²) in [5.74, 6) is 1.49. The van der Waals surface area contributed by atoms with Crippen molar-refractivity contribution >= 4 is 17.6 Å². The van der Waals surface area contributed by atoms with Crippen LogP contribution < -0.4 is 20.7 Å². The average Bonchev–Trinajstić information content (AvgIpc) is 3.22. The van der Waals surface area contributed by atoms with Crippen molar-refractivity contribution in [3.63, 3.8) is 0 Å². The summed E-state index contributed by atoms with van der Waals surface area (Å²) in [6.07, 6.45) is 1.03. The number of carbonyl (C=O) groups is 1. The molecule has 1 aliphatic rings. The third-order valence-electron chi connectivity index (χ3n) is 4.78. The highest BCUT2D eigenvalue weighted by molar-refractivity contribution is 5.88. The first-order chi connectivity index (χ1) is 14.5. The zero-order chi connectivity index (χ0) is 21.3. The number of aryl methyl sites for hydroxylation is 1. The van der Waals surface area contributed by atoms with Gasteiger partial charge in [-0.1, -0.05) is 24.3 Å². The first kappa shape index (κ1) is 21.6. The van der Waals surface area contributed by atoms with Gasteiger partial charge in [-0.3, -0.25) is 9.79 Å². The summed E-state index contributed by atoms with van der Waals surface area (Å²) in [7, 11) is 1.74. The quantitative estimate of drug-likeness (QED) is 0.483. The van der Waals surface area contributed by atoms with Gasteiger partial charge in [-0.2, -0.15) is 0 Å². The van der Waals surface area contributed by atoms with Gasteiger partial charge >= 0.3 is 0 Å². The lowest BCUT2D eigenvalue weighted by atomic mass is 10.1. The Kier molecular flexibility index (Phi) is 7.68. The van der Waals surface area contributed by atoms with Crippen LogP contribution in [0.1, 0.15) is 30.0 Å². The Morgan fingerprint density at radius 1 is 1.20 bits per heavy atom. The minimum absolute atomic E-state index is 0.0853. The Morgan fingerprint density at radius 3 is 2.77 bits per heavy atom. The molecule has 0 radical (unpaired) electrons. The van der Waals surface area contributed by atoms with Crippen molar-refractivity contribution < 1.29 is 14.3 Å². The van der Waals surface area contributed by atoms with Crippen molar-refractivity contribution in [3.8, 4) is 5.75 Å². The van der Waals surface area contributed by atoms with Crippen molar-refractivity contribution in [1.82, 2.24) is 10.6 Å². The van der Waals surface area contributed by atoms with Gasteiger partial charge in [0.1, 0.15) is 11.9 Å². The molecule has 7 nitrogen and oxygen atoms in total. The Labute approximate surface area is 177 Å². The van der Waals surface area contributed by atoms with Crippen LogP contribution in [0.15, 0.2) is 47.5 Å². The lowest BCUT2D eigenvalue weighted by Gasteiger charge is -2.18. The van der Waals surface area contributed by atoms with Crippen LogP contribution in [0.25, 0.3) is 0 Å². The number of aliphatic imine (C=N–C) groups is 1. The first-order valence-corrected chi connectivity index (χ1v) is 10.2. The Bertz CT molecular complexity index is 892. The highest BCUT2D eigenvalue weighted by Crippen LogP contribution is 2.23. The molecule has 1 heterocycles. The van der Waals surface area contributed by atoms with Crippen LogP contribution in [0.2, 0.25) is 0 Å². The Hall–Kier alpha value is -3.06. The van der Waals surface area contributed by atoms with Gasteiger partial charge in [-0.25, -0.2) is 0 Å². The van der Waals surface area contributed by atoms with E-state index in [1.807, 2.05) is 24.3 Å². The molecule has 3 rings (SSSR count). The summed E-state index contributed by atoms with van der Waals surface area (Å²) in [6, 6.07) is 14.0. The van der Waals surface area contributed by atoms with Gasteiger partial charge in [0.15, 0.2) is 5.96 Å². The van der Waals surface area contributed by atoms with Crippen LogP contribution >= 0.6 is 0 Å². The van der Waals surface area contributed by atoms with Gasteiger partial charge in [-0.15, -0.1) is 0 Å². The van der Waals surface area contributed by atoms with Gasteiger partial charge in [0, 0.05) is 44.7 Å². The average molecular weight is 411 g/mol. The van der Waals surface area contributed by atoms with Gasteiger partial charge < -0.3 is 25.4 Å². The predicted molar refractivity (Wildman–Crippen MR) is 119 cm³/mol. The van der Waals surface area contributed by atoms with Crippen LogP contribution in [0.3, 0.4) is 0 Å². The molecule has 1 amide bonds. The fourth-order valence-corrected chi connectivity index (χ4v) is 3.25. The van der Waals surface area contributed by atoms with Crippen LogP contribution in [0.5, 0.6) is 5.75 Å². The monoisotopic (exact) mass is 410 g/mol. The number of benzene rings is 2. The molecule has 0 bridgehead atoms. The van der Waals surface area contributed by atoms with Crippen molar-refractivity contribution in [2.75, 3.05) is 25.6 Å². The van der Waals surface area contributed by atoms with Crippen molar-refractivity contribution in [2.45, 2.75) is 39.5 Å². The topological polar surface area (TPSA) is 84.0 Å². The first-order valence-electron chi connectivity index (χ1n) is 10.2. The summed E-state index contributed by atoms with van der Waals surface area (Å²) in [4.78, 5) is 15.5. The third-order valence-corrected chi connectivity index (χ3v) is 4.78. The summed E-state index contributed by atoms with van der Waals surface area (Å²) in [6.45, 7) is 6.13. The molecule has 1 fully saturated rings. The number of hydrogen-bond acceptors (Lipinski definition) is 4. The number of carbonyl (C=O) groups excluding carboxylic acids is 1. The smallest absolute Gasteiger partial charge is 0.221 e. The molecular weight excluding hydrogens is 380 g/mol. The molecule has 2 aromatic rings. The molecule has 0 aliphatic carbocycles. The maximum atomic E-state index is 11.2. The summed E-state index contributed by atoms with van der Waals surface area (Å²) < 4.78 is 11.6. The van der Waals surface area contributed by atoms with E-state index < -0.39 is 0 Å². The van der Waals surface area contributed by atoms with E-state index in [1.54, 1.807) is 7.05 Å². The number of anilines is 1. The largest absolute Gasteiger partial charge is 0.488 e. The number of guanidine groups is 1. The molecule has 30 heavy (non-hydrogen) atoms. The SMILES string of the molecule is CN=C(NCc1cccc(NC(C)=O)c1)NCc1ccc(C)cc1OC1CCOC1. The summed E-state index contributed by atoms with van der Waals surface area (Å²) in [5, 5.41) is 9.45. The molecule has 1 atom stereocenters. The zero-order valence-corrected chi connectivity index (χ0v) is 17.8. The molecule has 160 valence electrons. The van der Waals surface area contributed by atoms with Gasteiger partial charge in [0.05, 0.1) is 13.2 Å². The minimum Gasteiger partial charge on any atom is -0.488 e. The van der Waals surface area contributed by atoms with Gasteiger partial charge in [0.2, 0.25) is 5.91 Å². The minimum atomic E-state index is -0.0853. The maximum Gasteiger partial charge on any atom is 0.221 e. The predicted octanol–water partition coefficient (Wildman–Crippen LogP) is 2.99. The molecular formula is C23H30N4O3. The Morgan fingerprint density at radius 2 is 2.03 bits per heavy atom. The number of rotatable bonds is 7. The van der Waals surface area contributed by atoms with E-state index in [1.165, 1.54) is 6.92 Å². The number of nitrogens with one attached hydrogen (secondary N) is 3. The molecule has 7 heteroatoms. The lowest BCUT2D eigenvalue weighted by molar-refractivity contribution is -0.114. The second-order valence-corrected chi connectivity index (χ2v) is 7.38. The van der Waals surface area contributed by atoms with E-state index in [0.717, 1.165) is 41.2 Å². The van der Waals surface area contributed by atoms with Crippen LogP contribution in [-0.2, 0) is 22.6 Å². The molecule has 1 saturated heterocycles. The van der Waals surface area contributed by atoms with E-state index in [9.17, 15) is 4.79 Å². The molecule has 2 aromatic carbocycles. The number of amides is 1. The van der Waals surface area contributed by atoms with E-state index in [2.05, 4.69) is 46.1 Å². The molecule has 1 aliphatic heterocycles. The normalized spacial score (nSPS) is 16.2. The van der Waals surface area contributed by atoms with E-state index in [0.29, 0.717) is 25.7 Å². The second kappa shape index (κ2) is 10.6. The molecule has 1 unspecified atom stereocenters. The van der Waals surface area contributed by atoms with E-state index in [-0.39, 0.29) is 12.0 Å². The van der Waals surface area contributed by atoms with Crippen molar-refractivity contribution in [1.29, 1.82) is 0 Å². The molecule has 0 spiro atoms. The van der Waals surface area contributed by atoms with Crippen molar-refractivity contribution in [2.24, 2.45) is 4.99 Å². The fraction of sp³-hybridized carbons (Fsp3) is 0.391. The highest BCUT2D eigenvalue weighted by atomic mass is 16.5. The van der Waals surface area contributed by atoms with Crippen LogP contribution in [0, 0.1) is 6.92 Å². The second-order valence-electron chi connectivity index (χ2n) is 7.38. The standard InChI is InChI=1S/C23H30N4O3/c1-16-7-8-19(22(11-16)30-21-9-10-29-15-21)14-26-23(24-3)25-13-18-5-4-6-20(12-18)27-17(2)28/h4-8,11-12,21H,9-10,13-15H2,1-3H3,(H,27,28)(H2,24,25,26). The maximum absolute atomic E-state index is 11.2. The van der Waals surface area contributed by atoms with Crippen LogP contribution in [-0.4, -0.2) is 38.2 Å². The van der Waals surface area contributed by atoms with Gasteiger partial charge in [-0.05, 0) is 36.2 Å². The number of ether oxygens (including phenoxy) is 2. The van der Waals surface area contributed by atoms with E-state index in [4.69, 9.17) is 9.47 Å². The molecule has 0 saturated carbocycles.